The zero-order valence-electron chi connectivity index (χ0n) is 23.4. The Bertz CT molecular complexity index is 1630. The Morgan fingerprint density at radius 3 is 1.93 bits per heavy atom. The van der Waals surface area contributed by atoms with E-state index in [1.54, 1.807) is 0 Å². The van der Waals surface area contributed by atoms with Crippen molar-refractivity contribution in [2.45, 2.75) is 26.1 Å². The van der Waals surface area contributed by atoms with Crippen molar-refractivity contribution in [3.8, 4) is 22.4 Å². The first kappa shape index (κ1) is 26.2. The van der Waals surface area contributed by atoms with Crippen molar-refractivity contribution in [2.24, 2.45) is 4.99 Å². The highest BCUT2D eigenvalue weighted by Gasteiger charge is 2.35. The molecule has 0 saturated carbocycles. The molecule has 2 atom stereocenters. The van der Waals surface area contributed by atoms with Crippen LogP contribution in [0, 0.1) is 13.8 Å². The maximum absolute atomic E-state index is 4.97. The topological polar surface area (TPSA) is 28.5 Å². The number of anilines is 1. The molecule has 0 saturated heterocycles. The van der Waals surface area contributed by atoms with Gasteiger partial charge in [-0.05, 0) is 60.9 Å². The standard InChI is InChI=1S/C20H18N2.C18H15N/c1-15-11-13-17(14-12-15)22-19-10-6-5-9-18(19)21-20(22)16-7-3-2-4-8-16;1-14-12-17(15-8-4-2-5-9-15)13-18(19-14)16-10-6-3-7-11-16/h2-14,19-20H,1H3;2-13H,1H3. The number of nitrogens with zero attached hydrogens (tertiary/aromatic N) is 3. The van der Waals surface area contributed by atoms with Crippen LogP contribution in [-0.2, 0) is 0 Å². The number of fused-ring (bicyclic) bond motifs is 1. The quantitative estimate of drug-likeness (QED) is 0.231. The first-order chi connectivity index (χ1) is 20.2. The van der Waals surface area contributed by atoms with Gasteiger partial charge in [0.2, 0.25) is 0 Å². The van der Waals surface area contributed by atoms with Gasteiger partial charge in [-0.3, -0.25) is 9.98 Å². The van der Waals surface area contributed by atoms with E-state index in [9.17, 15) is 0 Å². The minimum Gasteiger partial charge on any atom is -0.334 e. The molecule has 0 amide bonds. The summed E-state index contributed by atoms with van der Waals surface area (Å²) in [5, 5.41) is 0. The minimum atomic E-state index is 0.0382. The second kappa shape index (κ2) is 12.0. The van der Waals surface area contributed by atoms with Gasteiger partial charge >= 0.3 is 0 Å². The number of rotatable bonds is 4. The van der Waals surface area contributed by atoms with E-state index in [-0.39, 0.29) is 12.2 Å². The Labute approximate surface area is 242 Å². The summed E-state index contributed by atoms with van der Waals surface area (Å²) in [6.45, 7) is 4.16. The highest BCUT2D eigenvalue weighted by atomic mass is 15.3. The van der Waals surface area contributed by atoms with Crippen molar-refractivity contribution in [3.05, 3.63) is 169 Å². The van der Waals surface area contributed by atoms with E-state index in [0.717, 1.165) is 22.7 Å². The molecule has 5 aromatic rings. The number of hydrogen-bond donors (Lipinski definition) is 0. The number of pyridine rings is 1. The average Bonchev–Trinajstić information content (AvgIpc) is 3.43. The summed E-state index contributed by atoms with van der Waals surface area (Å²) in [5.41, 5.74) is 10.5. The Balaban J connectivity index is 0.000000149. The first-order valence-corrected chi connectivity index (χ1v) is 14.1. The van der Waals surface area contributed by atoms with Gasteiger partial charge in [0, 0.05) is 16.9 Å². The van der Waals surface area contributed by atoms with Gasteiger partial charge in [0.25, 0.3) is 0 Å². The third-order valence-corrected chi connectivity index (χ3v) is 7.37. The molecule has 0 fully saturated rings. The summed E-state index contributed by atoms with van der Waals surface area (Å²) < 4.78 is 0. The third kappa shape index (κ3) is 5.95. The highest BCUT2D eigenvalue weighted by molar-refractivity contribution is 6.06. The largest absolute Gasteiger partial charge is 0.334 e. The molecule has 2 heterocycles. The molecule has 3 heteroatoms. The van der Waals surface area contributed by atoms with Crippen LogP contribution in [0.15, 0.2) is 157 Å². The van der Waals surface area contributed by atoms with E-state index in [1.165, 1.54) is 27.9 Å². The summed E-state index contributed by atoms with van der Waals surface area (Å²) in [6, 6.07) is 44.4. The van der Waals surface area contributed by atoms with Crippen LogP contribution in [-0.4, -0.2) is 16.7 Å². The number of allylic oxidation sites excluding steroid dienone is 2. The van der Waals surface area contributed by atoms with Crippen molar-refractivity contribution >= 4 is 11.4 Å². The fraction of sp³-hybridized carbons (Fsp3) is 0.105. The fourth-order valence-electron chi connectivity index (χ4n) is 5.33. The van der Waals surface area contributed by atoms with E-state index in [1.807, 2.05) is 31.2 Å². The van der Waals surface area contributed by atoms with Crippen LogP contribution >= 0.6 is 0 Å². The van der Waals surface area contributed by atoms with Gasteiger partial charge in [-0.1, -0.05) is 127 Å². The van der Waals surface area contributed by atoms with Gasteiger partial charge < -0.3 is 4.90 Å². The molecule has 2 aliphatic rings. The second-order valence-electron chi connectivity index (χ2n) is 10.4. The van der Waals surface area contributed by atoms with Gasteiger partial charge in [-0.25, -0.2) is 0 Å². The lowest BCUT2D eigenvalue weighted by Crippen LogP contribution is -2.35. The van der Waals surface area contributed by atoms with E-state index >= 15 is 0 Å². The van der Waals surface area contributed by atoms with Crippen LogP contribution in [0.25, 0.3) is 22.4 Å². The molecule has 7 rings (SSSR count). The normalized spacial score (nSPS) is 16.9. The molecular formula is C38H33N3. The van der Waals surface area contributed by atoms with Crippen molar-refractivity contribution < 1.29 is 0 Å². The van der Waals surface area contributed by atoms with E-state index in [0.29, 0.717) is 0 Å². The van der Waals surface area contributed by atoms with Crippen molar-refractivity contribution in [1.29, 1.82) is 0 Å². The fourth-order valence-corrected chi connectivity index (χ4v) is 5.33. The van der Waals surface area contributed by atoms with Crippen LogP contribution in [0.2, 0.25) is 0 Å². The minimum absolute atomic E-state index is 0.0382. The smallest absolute Gasteiger partial charge is 0.148 e. The lowest BCUT2D eigenvalue weighted by atomic mass is 10.0. The summed E-state index contributed by atoms with van der Waals surface area (Å²) in [7, 11) is 0. The van der Waals surface area contributed by atoms with Gasteiger partial charge in [0.1, 0.15) is 6.17 Å². The highest BCUT2D eigenvalue weighted by Crippen LogP contribution is 2.37. The Morgan fingerprint density at radius 2 is 1.24 bits per heavy atom. The van der Waals surface area contributed by atoms with Crippen LogP contribution in [0.3, 0.4) is 0 Å². The molecule has 0 spiro atoms. The van der Waals surface area contributed by atoms with Crippen LogP contribution < -0.4 is 4.90 Å². The van der Waals surface area contributed by atoms with Crippen LogP contribution in [0.4, 0.5) is 5.69 Å². The zero-order valence-corrected chi connectivity index (χ0v) is 23.4. The molecular weight excluding hydrogens is 498 g/mol. The van der Waals surface area contributed by atoms with Gasteiger partial charge in [0.15, 0.2) is 0 Å². The predicted molar refractivity (Wildman–Crippen MR) is 172 cm³/mol. The van der Waals surface area contributed by atoms with E-state index < -0.39 is 0 Å². The maximum Gasteiger partial charge on any atom is 0.148 e. The van der Waals surface area contributed by atoms with Crippen molar-refractivity contribution in [3.63, 3.8) is 0 Å². The molecule has 0 radical (unpaired) electrons. The molecule has 200 valence electrons. The third-order valence-electron chi connectivity index (χ3n) is 7.37. The number of aryl methyl sites for hydroxylation is 2. The first-order valence-electron chi connectivity index (χ1n) is 14.1. The molecule has 4 aromatic carbocycles. The predicted octanol–water partition coefficient (Wildman–Crippen LogP) is 9.17. The summed E-state index contributed by atoms with van der Waals surface area (Å²) in [5.74, 6) is 0. The number of aromatic nitrogens is 1. The summed E-state index contributed by atoms with van der Waals surface area (Å²) in [6.07, 6.45) is 8.56. The Hall–Kier alpha value is -5.02. The molecule has 2 unspecified atom stereocenters. The van der Waals surface area contributed by atoms with Gasteiger partial charge in [0.05, 0.1) is 17.4 Å². The summed E-state index contributed by atoms with van der Waals surface area (Å²) >= 11 is 0. The zero-order chi connectivity index (χ0) is 28.0. The van der Waals surface area contributed by atoms with Crippen LogP contribution in [0.1, 0.15) is 23.0 Å². The van der Waals surface area contributed by atoms with E-state index in [4.69, 9.17) is 4.99 Å². The number of hydrogen-bond acceptors (Lipinski definition) is 3. The molecule has 0 N–H and O–H groups in total. The van der Waals surface area contributed by atoms with Crippen LogP contribution in [0.5, 0.6) is 0 Å². The Morgan fingerprint density at radius 1 is 0.610 bits per heavy atom. The lowest BCUT2D eigenvalue weighted by molar-refractivity contribution is 0.696. The van der Waals surface area contributed by atoms with Gasteiger partial charge in [-0.2, -0.15) is 0 Å². The number of benzene rings is 4. The maximum atomic E-state index is 4.97. The molecule has 1 aliphatic carbocycles. The van der Waals surface area contributed by atoms with E-state index in [2.05, 4.69) is 144 Å². The Kier molecular flexibility index (Phi) is 7.68. The second-order valence-corrected chi connectivity index (χ2v) is 10.4. The molecule has 0 bridgehead atoms. The number of aliphatic imine (C=N–C) groups is 1. The van der Waals surface area contributed by atoms with Crippen molar-refractivity contribution in [1.82, 2.24) is 4.98 Å². The molecule has 1 aromatic heterocycles. The molecule has 1 aliphatic heterocycles. The molecule has 41 heavy (non-hydrogen) atoms. The summed E-state index contributed by atoms with van der Waals surface area (Å²) in [4.78, 5) is 12.0. The van der Waals surface area contributed by atoms with Crippen molar-refractivity contribution in [2.75, 3.05) is 4.90 Å². The lowest BCUT2D eigenvalue weighted by Gasteiger charge is -2.31. The van der Waals surface area contributed by atoms with Gasteiger partial charge in [-0.15, -0.1) is 0 Å². The molecule has 3 nitrogen and oxygen atoms in total. The monoisotopic (exact) mass is 531 g/mol. The SMILES string of the molecule is Cc1cc(-c2ccccc2)cc(-c2ccccc2)n1.Cc1ccc(N2C3C=CC=CC3=NC2c2ccccc2)cc1. The average molecular weight is 532 g/mol.